The Balaban J connectivity index is 1.26. The summed E-state index contributed by atoms with van der Waals surface area (Å²) in [6.45, 7) is 14.0. The quantitative estimate of drug-likeness (QED) is 0.188. The molecule has 3 aromatic carbocycles. The summed E-state index contributed by atoms with van der Waals surface area (Å²) < 4.78 is 0. The third kappa shape index (κ3) is 4.83. The molecule has 1 aliphatic rings. The average Bonchev–Trinajstić information content (AvgIpc) is 3.75. The van der Waals surface area contributed by atoms with Gasteiger partial charge in [0.15, 0.2) is 0 Å². The van der Waals surface area contributed by atoms with Gasteiger partial charge in [-0.3, -0.25) is 0 Å². The molecule has 2 aromatic heterocycles. The summed E-state index contributed by atoms with van der Waals surface area (Å²) in [4.78, 5) is 18.5. The molecule has 2 atom stereocenters. The highest BCUT2D eigenvalue weighted by molar-refractivity contribution is 5.91. The van der Waals surface area contributed by atoms with E-state index in [1.807, 2.05) is 6.20 Å². The summed E-state index contributed by atoms with van der Waals surface area (Å²) in [5.74, 6) is 1.02. The van der Waals surface area contributed by atoms with Crippen LogP contribution in [-0.4, -0.2) is 37.4 Å². The number of benzene rings is 3. The third-order valence-electron chi connectivity index (χ3n) is 8.04. The van der Waals surface area contributed by atoms with E-state index in [4.69, 9.17) is 4.98 Å². The van der Waals surface area contributed by atoms with Gasteiger partial charge in [-0.15, -0.1) is 0 Å². The molecule has 6 heteroatoms. The van der Waals surface area contributed by atoms with Crippen molar-refractivity contribution in [1.82, 2.24) is 30.2 Å². The van der Waals surface area contributed by atoms with Crippen molar-refractivity contribution in [3.05, 3.63) is 97.5 Å². The van der Waals surface area contributed by atoms with Gasteiger partial charge in [-0.1, -0.05) is 57.3 Å². The number of imidazole rings is 2. The van der Waals surface area contributed by atoms with E-state index in [9.17, 15) is 0 Å². The van der Waals surface area contributed by atoms with Gasteiger partial charge in [0, 0.05) is 23.5 Å². The van der Waals surface area contributed by atoms with Crippen molar-refractivity contribution in [1.29, 1.82) is 0 Å². The van der Waals surface area contributed by atoms with Crippen LogP contribution in [0.5, 0.6) is 0 Å². The van der Waals surface area contributed by atoms with Gasteiger partial charge in [-0.2, -0.15) is 0 Å². The Labute approximate surface area is 229 Å². The zero-order chi connectivity index (χ0) is 26.9. The Morgan fingerprint density at radius 2 is 1.77 bits per heavy atom. The van der Waals surface area contributed by atoms with Crippen molar-refractivity contribution in [2.45, 2.75) is 51.6 Å². The van der Waals surface area contributed by atoms with Crippen LogP contribution in [0.15, 0.2) is 91.7 Å². The van der Waals surface area contributed by atoms with Gasteiger partial charge in [0.1, 0.15) is 5.82 Å². The number of H-pyrrole nitrogens is 2. The van der Waals surface area contributed by atoms with E-state index in [0.717, 1.165) is 71.7 Å². The molecule has 39 heavy (non-hydrogen) atoms. The van der Waals surface area contributed by atoms with Crippen LogP contribution < -0.4 is 5.32 Å². The first-order valence-corrected chi connectivity index (χ1v) is 14.0. The molecule has 3 N–H and O–H groups in total. The van der Waals surface area contributed by atoms with Gasteiger partial charge in [-0.05, 0) is 71.8 Å². The number of hydrogen-bond donors (Lipinski definition) is 3. The Morgan fingerprint density at radius 1 is 1.03 bits per heavy atom. The molecule has 5 aromatic rings. The summed E-state index contributed by atoms with van der Waals surface area (Å²) in [7, 11) is 0. The first-order valence-electron chi connectivity index (χ1n) is 14.0. The van der Waals surface area contributed by atoms with Crippen LogP contribution in [0, 0.1) is 0 Å². The van der Waals surface area contributed by atoms with Crippen molar-refractivity contribution in [2.24, 2.45) is 0 Å². The number of aromatic nitrogens is 4. The number of rotatable bonds is 9. The van der Waals surface area contributed by atoms with E-state index in [0.29, 0.717) is 0 Å². The first-order chi connectivity index (χ1) is 19.0. The van der Waals surface area contributed by atoms with Crippen LogP contribution >= 0.6 is 0 Å². The lowest BCUT2D eigenvalue weighted by molar-refractivity contribution is 0.287. The number of fused-ring (bicyclic) bond motifs is 2. The second-order valence-electron chi connectivity index (χ2n) is 10.5. The molecule has 6 rings (SSSR count). The Bertz CT molecular complexity index is 1640. The molecule has 0 saturated carbocycles. The lowest BCUT2D eigenvalue weighted by Gasteiger charge is -2.33. The minimum atomic E-state index is 0.192. The molecule has 0 amide bonds. The number of hydrogen-bond acceptors (Lipinski definition) is 4. The average molecular weight is 517 g/mol. The molecule has 1 saturated heterocycles. The van der Waals surface area contributed by atoms with Crippen molar-refractivity contribution in [3.8, 4) is 22.4 Å². The van der Waals surface area contributed by atoms with E-state index >= 15 is 0 Å². The van der Waals surface area contributed by atoms with Crippen molar-refractivity contribution < 1.29 is 0 Å². The van der Waals surface area contributed by atoms with Gasteiger partial charge < -0.3 is 20.2 Å². The monoisotopic (exact) mass is 516 g/mol. The molecular formula is C33H36N6. The van der Waals surface area contributed by atoms with Gasteiger partial charge in [-0.25, -0.2) is 9.97 Å². The Kier molecular flexibility index (Phi) is 6.69. The normalized spacial score (nSPS) is 16.2. The van der Waals surface area contributed by atoms with Gasteiger partial charge in [0.05, 0.1) is 41.3 Å². The molecule has 198 valence electrons. The van der Waals surface area contributed by atoms with Crippen molar-refractivity contribution >= 4 is 21.8 Å². The summed E-state index contributed by atoms with van der Waals surface area (Å²) in [6.07, 6.45) is 7.67. The fourth-order valence-corrected chi connectivity index (χ4v) is 5.74. The summed E-state index contributed by atoms with van der Waals surface area (Å²) in [6, 6.07) is 20.1. The largest absolute Gasteiger partial charge is 0.381 e. The van der Waals surface area contributed by atoms with Crippen LogP contribution in [0.3, 0.4) is 0 Å². The van der Waals surface area contributed by atoms with E-state index in [-0.39, 0.29) is 12.1 Å². The van der Waals surface area contributed by atoms with Crippen molar-refractivity contribution in [3.63, 3.8) is 0 Å². The minimum absolute atomic E-state index is 0.192. The highest BCUT2D eigenvalue weighted by atomic mass is 15.2. The predicted octanol–water partition coefficient (Wildman–Crippen LogP) is 7.72. The molecule has 3 heterocycles. The van der Waals surface area contributed by atoms with E-state index < -0.39 is 0 Å². The second kappa shape index (κ2) is 10.4. The maximum absolute atomic E-state index is 5.02. The maximum Gasteiger partial charge on any atom is 0.130 e. The summed E-state index contributed by atoms with van der Waals surface area (Å²) in [5, 5.41) is 5.99. The predicted molar refractivity (Wildman–Crippen MR) is 161 cm³/mol. The van der Waals surface area contributed by atoms with Gasteiger partial charge in [0.25, 0.3) is 0 Å². The highest BCUT2D eigenvalue weighted by Crippen LogP contribution is 2.36. The molecule has 0 unspecified atom stereocenters. The van der Waals surface area contributed by atoms with Gasteiger partial charge >= 0.3 is 0 Å². The number of nitrogens with one attached hydrogen (secondary N) is 3. The van der Waals surface area contributed by atoms with Crippen molar-refractivity contribution in [2.75, 3.05) is 6.54 Å². The number of aromatic amines is 2. The second-order valence-corrected chi connectivity index (χ2v) is 10.5. The molecule has 0 spiro atoms. The topological polar surface area (TPSA) is 72.6 Å². The molecule has 0 bridgehead atoms. The fraction of sp³-hybridized carbons (Fsp3) is 0.273. The van der Waals surface area contributed by atoms with Crippen LogP contribution in [0.1, 0.15) is 51.4 Å². The van der Waals surface area contributed by atoms with Crippen LogP contribution in [0.25, 0.3) is 44.2 Å². The van der Waals surface area contributed by atoms with E-state index in [1.54, 1.807) is 6.33 Å². The molecule has 1 fully saturated rings. The lowest BCUT2D eigenvalue weighted by atomic mass is 9.99. The fourth-order valence-electron chi connectivity index (χ4n) is 5.74. The lowest BCUT2D eigenvalue weighted by Crippen LogP contribution is -2.37. The maximum atomic E-state index is 5.02. The molecule has 6 nitrogen and oxygen atoms in total. The molecule has 0 radical (unpaired) electrons. The number of likely N-dealkylation sites (tertiary alicyclic amines) is 1. The smallest absolute Gasteiger partial charge is 0.130 e. The minimum Gasteiger partial charge on any atom is -0.381 e. The van der Waals surface area contributed by atoms with E-state index in [1.165, 1.54) is 21.9 Å². The third-order valence-corrected chi connectivity index (χ3v) is 8.04. The highest BCUT2D eigenvalue weighted by Gasteiger charge is 2.31. The van der Waals surface area contributed by atoms with Crippen LogP contribution in [0.4, 0.5) is 0 Å². The first kappa shape index (κ1) is 25.0. The summed E-state index contributed by atoms with van der Waals surface area (Å²) in [5.41, 5.74) is 8.79. The Hall–Kier alpha value is -4.32. The summed E-state index contributed by atoms with van der Waals surface area (Å²) >= 11 is 0. The SMILES string of the molecule is C=C(CC)N[C@@H](CC)C(=C)N1CCC[C@H]1c1nc2ccc(-c3ccc4cc(-c5cnc[nH]5)ccc4c3)cc2[nH]1. The number of allylic oxidation sites excluding steroid dienone is 1. The zero-order valence-electron chi connectivity index (χ0n) is 22.8. The number of nitrogens with zero attached hydrogens (tertiary/aromatic N) is 3. The van der Waals surface area contributed by atoms with Gasteiger partial charge in [0.2, 0.25) is 0 Å². The van der Waals surface area contributed by atoms with Crippen LogP contribution in [-0.2, 0) is 0 Å². The molecule has 1 aliphatic heterocycles. The van der Waals surface area contributed by atoms with E-state index in [2.05, 4.69) is 107 Å². The zero-order valence-corrected chi connectivity index (χ0v) is 22.8. The van der Waals surface area contributed by atoms with Crippen LogP contribution in [0.2, 0.25) is 0 Å². The molecule has 0 aliphatic carbocycles. The standard InChI is InChI=1S/C33H36N6/c1-5-21(3)36-28(6-2)22(4)39-15-7-8-32(39)33-37-29-14-13-26(18-30(29)38-33)24-9-10-25-17-27(12-11-23(25)16-24)31-19-34-20-35-31/h9-14,16-20,28,32,36H,3-8,15H2,1-2H3,(H,34,35)(H,37,38)/t28-,32-/m0/s1. The molecular weight excluding hydrogens is 480 g/mol. The Morgan fingerprint density at radius 3 is 2.51 bits per heavy atom.